The Morgan fingerprint density at radius 3 is 2.44 bits per heavy atom. The number of ether oxygens (including phenoxy) is 1. The van der Waals surface area contributed by atoms with Crippen LogP contribution in [0.5, 0.6) is 5.75 Å². The number of nitro benzene ring substituents is 1. The standard InChI is InChI=1S/C18H16N4O5/c1-2-17-20-21-18(27-17)12-3-9-15(10-4-12)26-11-16(23)19-13-5-7-14(8-6-13)22(24)25/h3-10H,2,11H2,1H3,(H,19,23). The molecule has 1 amide bonds. The van der Waals surface area contributed by atoms with Crippen molar-refractivity contribution in [2.24, 2.45) is 0 Å². The van der Waals surface area contributed by atoms with Crippen LogP contribution in [0.1, 0.15) is 12.8 Å². The minimum absolute atomic E-state index is 0.0448. The Kier molecular flexibility index (Phi) is 5.41. The fourth-order valence-electron chi connectivity index (χ4n) is 2.22. The van der Waals surface area contributed by atoms with E-state index in [1.165, 1.54) is 24.3 Å². The summed E-state index contributed by atoms with van der Waals surface area (Å²) in [6.45, 7) is 1.73. The van der Waals surface area contributed by atoms with Crippen LogP contribution in [0.2, 0.25) is 0 Å². The van der Waals surface area contributed by atoms with Crippen LogP contribution in [0.15, 0.2) is 52.9 Å². The average Bonchev–Trinajstić information content (AvgIpc) is 3.16. The molecule has 0 fully saturated rings. The molecule has 9 heteroatoms. The third-order valence-electron chi connectivity index (χ3n) is 3.60. The van der Waals surface area contributed by atoms with Gasteiger partial charge in [0, 0.05) is 29.8 Å². The summed E-state index contributed by atoms with van der Waals surface area (Å²) >= 11 is 0. The Balaban J connectivity index is 1.53. The van der Waals surface area contributed by atoms with Crippen LogP contribution in [-0.2, 0) is 11.2 Å². The Morgan fingerprint density at radius 1 is 1.15 bits per heavy atom. The van der Waals surface area contributed by atoms with Crippen molar-refractivity contribution in [2.75, 3.05) is 11.9 Å². The molecule has 0 aliphatic carbocycles. The second kappa shape index (κ2) is 8.09. The summed E-state index contributed by atoms with van der Waals surface area (Å²) in [5.41, 5.74) is 1.16. The number of amides is 1. The first-order chi connectivity index (χ1) is 13.0. The zero-order chi connectivity index (χ0) is 19.2. The van der Waals surface area contributed by atoms with Gasteiger partial charge in [-0.05, 0) is 36.4 Å². The summed E-state index contributed by atoms with van der Waals surface area (Å²) in [7, 11) is 0. The van der Waals surface area contributed by atoms with Crippen molar-refractivity contribution >= 4 is 17.3 Å². The van der Waals surface area contributed by atoms with Crippen LogP contribution >= 0.6 is 0 Å². The van der Waals surface area contributed by atoms with Crippen LogP contribution in [0, 0.1) is 10.1 Å². The smallest absolute Gasteiger partial charge is 0.269 e. The minimum Gasteiger partial charge on any atom is -0.484 e. The van der Waals surface area contributed by atoms with E-state index < -0.39 is 4.92 Å². The summed E-state index contributed by atoms with van der Waals surface area (Å²) in [4.78, 5) is 22.0. The summed E-state index contributed by atoms with van der Waals surface area (Å²) in [6, 6.07) is 12.5. The predicted octanol–water partition coefficient (Wildman–Crippen LogP) is 3.22. The third kappa shape index (κ3) is 4.66. The van der Waals surface area contributed by atoms with Gasteiger partial charge >= 0.3 is 0 Å². The maximum Gasteiger partial charge on any atom is 0.269 e. The first kappa shape index (κ1) is 18.1. The van der Waals surface area contributed by atoms with Gasteiger partial charge in [-0.1, -0.05) is 6.92 Å². The van der Waals surface area contributed by atoms with Gasteiger partial charge in [0.1, 0.15) is 5.75 Å². The second-order valence-corrected chi connectivity index (χ2v) is 5.52. The van der Waals surface area contributed by atoms with Crippen molar-refractivity contribution in [3.8, 4) is 17.2 Å². The molecule has 1 aromatic heterocycles. The molecule has 2 aromatic carbocycles. The number of carbonyl (C=O) groups excluding carboxylic acids is 1. The maximum absolute atomic E-state index is 11.9. The normalized spacial score (nSPS) is 10.4. The van der Waals surface area contributed by atoms with E-state index >= 15 is 0 Å². The first-order valence-corrected chi connectivity index (χ1v) is 8.15. The van der Waals surface area contributed by atoms with Gasteiger partial charge in [-0.15, -0.1) is 10.2 Å². The van der Waals surface area contributed by atoms with Crippen LogP contribution in [0.25, 0.3) is 11.5 Å². The molecule has 1 heterocycles. The molecule has 0 atom stereocenters. The number of hydrogen-bond acceptors (Lipinski definition) is 7. The number of nitro groups is 1. The van der Waals surface area contributed by atoms with Crippen molar-refractivity contribution in [3.05, 3.63) is 64.5 Å². The summed E-state index contributed by atoms with van der Waals surface area (Å²) in [6.07, 6.45) is 0.665. The van der Waals surface area contributed by atoms with E-state index in [-0.39, 0.29) is 18.2 Å². The van der Waals surface area contributed by atoms with Gasteiger partial charge in [0.05, 0.1) is 4.92 Å². The number of benzene rings is 2. The Labute approximate surface area is 154 Å². The molecule has 3 rings (SSSR count). The molecule has 0 radical (unpaired) electrons. The highest BCUT2D eigenvalue weighted by molar-refractivity contribution is 5.91. The molecular formula is C18H16N4O5. The van der Waals surface area contributed by atoms with E-state index in [1.807, 2.05) is 6.92 Å². The first-order valence-electron chi connectivity index (χ1n) is 8.15. The fraction of sp³-hybridized carbons (Fsp3) is 0.167. The molecule has 1 N–H and O–H groups in total. The molecule has 0 bridgehead atoms. The number of non-ortho nitro benzene ring substituents is 1. The molecule has 0 saturated heterocycles. The van der Waals surface area contributed by atoms with Gasteiger partial charge in [-0.25, -0.2) is 0 Å². The van der Waals surface area contributed by atoms with Crippen molar-refractivity contribution in [3.63, 3.8) is 0 Å². The van der Waals surface area contributed by atoms with E-state index in [9.17, 15) is 14.9 Å². The SMILES string of the molecule is CCc1nnc(-c2ccc(OCC(=O)Nc3ccc([N+](=O)[O-])cc3)cc2)o1. The second-order valence-electron chi connectivity index (χ2n) is 5.52. The lowest BCUT2D eigenvalue weighted by Crippen LogP contribution is -2.20. The molecular weight excluding hydrogens is 352 g/mol. The highest BCUT2D eigenvalue weighted by Crippen LogP contribution is 2.21. The zero-order valence-corrected chi connectivity index (χ0v) is 14.4. The highest BCUT2D eigenvalue weighted by atomic mass is 16.6. The fourth-order valence-corrected chi connectivity index (χ4v) is 2.22. The van der Waals surface area contributed by atoms with Gasteiger partial charge in [0.15, 0.2) is 6.61 Å². The van der Waals surface area contributed by atoms with Gasteiger partial charge in [-0.3, -0.25) is 14.9 Å². The Bertz CT molecular complexity index is 935. The van der Waals surface area contributed by atoms with Gasteiger partial charge in [-0.2, -0.15) is 0 Å². The molecule has 0 unspecified atom stereocenters. The number of carbonyl (C=O) groups is 1. The van der Waals surface area contributed by atoms with Crippen LogP contribution in [0.4, 0.5) is 11.4 Å². The zero-order valence-electron chi connectivity index (χ0n) is 14.4. The molecule has 138 valence electrons. The summed E-state index contributed by atoms with van der Waals surface area (Å²) < 4.78 is 10.9. The van der Waals surface area contributed by atoms with Crippen molar-refractivity contribution in [1.82, 2.24) is 10.2 Å². The van der Waals surface area contributed by atoms with Crippen LogP contribution < -0.4 is 10.1 Å². The number of nitrogens with zero attached hydrogens (tertiary/aromatic N) is 3. The molecule has 0 saturated carbocycles. The van der Waals surface area contributed by atoms with Crippen LogP contribution in [0.3, 0.4) is 0 Å². The number of hydrogen-bond donors (Lipinski definition) is 1. The number of nitrogens with one attached hydrogen (secondary N) is 1. The molecule has 0 aliphatic rings. The number of rotatable bonds is 7. The number of aryl methyl sites for hydroxylation is 1. The van der Waals surface area contributed by atoms with Gasteiger partial charge < -0.3 is 14.5 Å². The van der Waals surface area contributed by atoms with Crippen LogP contribution in [-0.4, -0.2) is 27.6 Å². The summed E-state index contributed by atoms with van der Waals surface area (Å²) in [5, 5.41) is 21.1. The average molecular weight is 368 g/mol. The van der Waals surface area contributed by atoms with Crippen molar-refractivity contribution in [2.45, 2.75) is 13.3 Å². The lowest BCUT2D eigenvalue weighted by atomic mass is 10.2. The lowest BCUT2D eigenvalue weighted by Gasteiger charge is -2.07. The molecule has 27 heavy (non-hydrogen) atoms. The molecule has 9 nitrogen and oxygen atoms in total. The van der Waals surface area contributed by atoms with E-state index in [0.717, 1.165) is 5.56 Å². The quantitative estimate of drug-likeness (QED) is 0.502. The largest absolute Gasteiger partial charge is 0.484 e. The lowest BCUT2D eigenvalue weighted by molar-refractivity contribution is -0.384. The Hall–Kier alpha value is -3.75. The minimum atomic E-state index is -0.504. The predicted molar refractivity (Wildman–Crippen MR) is 96.3 cm³/mol. The summed E-state index contributed by atoms with van der Waals surface area (Å²) in [5.74, 6) is 1.12. The molecule has 0 aliphatic heterocycles. The van der Waals surface area contributed by atoms with E-state index in [0.29, 0.717) is 29.6 Å². The Morgan fingerprint density at radius 2 is 1.85 bits per heavy atom. The third-order valence-corrected chi connectivity index (χ3v) is 3.60. The van der Waals surface area contributed by atoms with Crippen molar-refractivity contribution in [1.29, 1.82) is 0 Å². The van der Waals surface area contributed by atoms with Crippen molar-refractivity contribution < 1.29 is 18.9 Å². The molecule has 0 spiro atoms. The monoisotopic (exact) mass is 368 g/mol. The number of anilines is 1. The van der Waals surface area contributed by atoms with E-state index in [1.54, 1.807) is 24.3 Å². The molecule has 3 aromatic rings. The van der Waals surface area contributed by atoms with Gasteiger partial charge in [0.2, 0.25) is 11.8 Å². The highest BCUT2D eigenvalue weighted by Gasteiger charge is 2.09. The van der Waals surface area contributed by atoms with Gasteiger partial charge in [0.25, 0.3) is 11.6 Å². The van der Waals surface area contributed by atoms with E-state index in [2.05, 4.69) is 15.5 Å². The maximum atomic E-state index is 11.9. The topological polar surface area (TPSA) is 120 Å². The van der Waals surface area contributed by atoms with E-state index in [4.69, 9.17) is 9.15 Å². The number of aromatic nitrogens is 2.